The molecule has 0 aromatic heterocycles. The van der Waals surface area contributed by atoms with Gasteiger partial charge in [0.2, 0.25) is 11.8 Å². The number of carbonyl (C=O) groups is 3. The molecular formula is C24H37N3O6. The minimum absolute atomic E-state index is 0.0780. The van der Waals surface area contributed by atoms with Crippen LogP contribution in [0.2, 0.25) is 0 Å². The molecule has 2 amide bonds. The van der Waals surface area contributed by atoms with E-state index in [1.54, 1.807) is 0 Å². The van der Waals surface area contributed by atoms with E-state index in [2.05, 4.69) is 16.1 Å². The quantitative estimate of drug-likeness (QED) is 0.233. The topological polar surface area (TPSA) is 126 Å². The van der Waals surface area contributed by atoms with Gasteiger partial charge < -0.3 is 20.5 Å². The van der Waals surface area contributed by atoms with E-state index in [1.165, 1.54) is 0 Å². The van der Waals surface area contributed by atoms with Crippen molar-refractivity contribution < 1.29 is 29.1 Å². The van der Waals surface area contributed by atoms with Crippen molar-refractivity contribution in [3.8, 4) is 0 Å². The second-order valence-corrected chi connectivity index (χ2v) is 8.35. The van der Waals surface area contributed by atoms with Crippen LogP contribution in [0.1, 0.15) is 68.9 Å². The Balaban J connectivity index is 1.47. The average molecular weight is 464 g/mol. The molecule has 33 heavy (non-hydrogen) atoms. The van der Waals surface area contributed by atoms with Gasteiger partial charge in [0.1, 0.15) is 0 Å². The molecular weight excluding hydrogens is 426 g/mol. The molecule has 1 fully saturated rings. The number of hydroxylamine groups is 1. The summed E-state index contributed by atoms with van der Waals surface area (Å²) < 4.78 is 5.39. The molecule has 0 radical (unpaired) electrons. The van der Waals surface area contributed by atoms with Gasteiger partial charge in [0, 0.05) is 38.1 Å². The van der Waals surface area contributed by atoms with E-state index in [1.807, 2.05) is 25.1 Å². The van der Waals surface area contributed by atoms with E-state index < -0.39 is 5.97 Å². The van der Waals surface area contributed by atoms with Crippen molar-refractivity contribution >= 4 is 23.5 Å². The molecule has 4 N–H and O–H groups in total. The summed E-state index contributed by atoms with van der Waals surface area (Å²) in [6.07, 6.45) is 7.06. The first-order valence-electron chi connectivity index (χ1n) is 11.8. The number of aliphatic carboxylic acids is 1. The smallest absolute Gasteiger partial charge is 0.303 e. The van der Waals surface area contributed by atoms with Gasteiger partial charge in [-0.3, -0.25) is 14.4 Å². The maximum absolute atomic E-state index is 12.0. The Bertz CT molecular complexity index is 765. The molecule has 1 unspecified atom stereocenters. The third-order valence-electron chi connectivity index (χ3n) is 5.45. The molecule has 1 aliphatic rings. The molecule has 1 heterocycles. The molecule has 2 rings (SSSR count). The van der Waals surface area contributed by atoms with E-state index >= 15 is 0 Å². The first-order chi connectivity index (χ1) is 15.9. The number of rotatable bonds is 15. The second-order valence-electron chi connectivity index (χ2n) is 8.35. The first kappa shape index (κ1) is 26.6. The number of aryl methyl sites for hydroxylation is 2. The molecule has 1 aromatic carbocycles. The zero-order chi connectivity index (χ0) is 23.9. The molecule has 0 aliphatic carbocycles. The lowest BCUT2D eigenvalue weighted by atomic mass is 10.1. The third kappa shape index (κ3) is 11.7. The fraction of sp³-hybridized carbons (Fsp3) is 0.625. The monoisotopic (exact) mass is 463 g/mol. The van der Waals surface area contributed by atoms with Crippen molar-refractivity contribution in [2.24, 2.45) is 0 Å². The number of unbranched alkanes of at least 4 members (excludes halogenated alkanes) is 3. The summed E-state index contributed by atoms with van der Waals surface area (Å²) in [6, 6.07) is 5.70. The molecule has 9 heteroatoms. The summed E-state index contributed by atoms with van der Waals surface area (Å²) in [5.74, 6) is -1.02. The predicted molar refractivity (Wildman–Crippen MR) is 125 cm³/mol. The lowest BCUT2D eigenvalue weighted by Crippen LogP contribution is -2.32. The highest BCUT2D eigenvalue weighted by atomic mass is 16.8. The highest BCUT2D eigenvalue weighted by molar-refractivity contribution is 5.81. The maximum atomic E-state index is 12.0. The molecule has 0 bridgehead atoms. The fourth-order valence-electron chi connectivity index (χ4n) is 3.55. The Morgan fingerprint density at radius 2 is 1.91 bits per heavy atom. The number of hydrogen-bond acceptors (Lipinski definition) is 6. The Morgan fingerprint density at radius 1 is 1.09 bits per heavy atom. The van der Waals surface area contributed by atoms with Crippen LogP contribution in [0.5, 0.6) is 0 Å². The number of hydrogen-bond donors (Lipinski definition) is 4. The van der Waals surface area contributed by atoms with Gasteiger partial charge >= 0.3 is 5.97 Å². The summed E-state index contributed by atoms with van der Waals surface area (Å²) >= 11 is 0. The zero-order valence-corrected chi connectivity index (χ0v) is 19.5. The van der Waals surface area contributed by atoms with Gasteiger partial charge in [-0.2, -0.15) is 0 Å². The number of ether oxygens (including phenoxy) is 1. The highest BCUT2D eigenvalue weighted by Gasteiger charge is 2.15. The number of nitrogens with one attached hydrogen (secondary N) is 3. The SMILES string of the molecule is Cc1cc(CCC(=O)O)ccc1NCC(=O)NCCCCCCC(=O)NOC1CCCCO1. The van der Waals surface area contributed by atoms with Gasteiger partial charge in [-0.15, -0.1) is 0 Å². The van der Waals surface area contributed by atoms with Gasteiger partial charge in [0.05, 0.1) is 6.54 Å². The van der Waals surface area contributed by atoms with Crippen LogP contribution in [-0.2, 0) is 30.4 Å². The molecule has 1 saturated heterocycles. The third-order valence-corrected chi connectivity index (χ3v) is 5.45. The Labute approximate surface area is 195 Å². The van der Waals surface area contributed by atoms with Gasteiger partial charge in [-0.1, -0.05) is 25.0 Å². The molecule has 1 atom stereocenters. The Hall–Kier alpha value is -2.65. The molecule has 1 aliphatic heterocycles. The van der Waals surface area contributed by atoms with Crippen LogP contribution < -0.4 is 16.1 Å². The number of carboxylic acids is 1. The summed E-state index contributed by atoms with van der Waals surface area (Å²) in [5, 5.41) is 14.8. The Kier molecular flexibility index (Phi) is 12.3. The van der Waals surface area contributed by atoms with Crippen molar-refractivity contribution in [3.05, 3.63) is 29.3 Å². The number of benzene rings is 1. The van der Waals surface area contributed by atoms with Crippen molar-refractivity contribution in [2.45, 2.75) is 77.4 Å². The highest BCUT2D eigenvalue weighted by Crippen LogP contribution is 2.17. The summed E-state index contributed by atoms with van der Waals surface area (Å²) in [5.41, 5.74) is 5.27. The fourth-order valence-corrected chi connectivity index (χ4v) is 3.55. The first-order valence-corrected chi connectivity index (χ1v) is 11.8. The van der Waals surface area contributed by atoms with Crippen LogP contribution in [0.25, 0.3) is 0 Å². The number of carboxylic acid groups (broad SMARTS) is 1. The minimum Gasteiger partial charge on any atom is -0.481 e. The van der Waals surface area contributed by atoms with E-state index in [9.17, 15) is 14.4 Å². The van der Waals surface area contributed by atoms with E-state index in [-0.39, 0.29) is 31.1 Å². The molecule has 0 saturated carbocycles. The van der Waals surface area contributed by atoms with E-state index in [0.29, 0.717) is 26.0 Å². The molecule has 1 aromatic rings. The lowest BCUT2D eigenvalue weighted by molar-refractivity contribution is -0.200. The average Bonchev–Trinajstić information content (AvgIpc) is 2.80. The standard InChI is InChI=1S/C24H37N3O6/c1-18-16-19(11-13-23(30)31)10-12-20(18)26-17-22(29)25-14-6-3-2-4-8-21(28)27-33-24-9-5-7-15-32-24/h10,12,16,24,26H,2-9,11,13-15,17H2,1H3,(H,25,29)(H,27,28)(H,30,31). The number of carbonyl (C=O) groups excluding carboxylic acids is 2. The second kappa shape index (κ2) is 15.2. The van der Waals surface area contributed by atoms with Crippen LogP contribution in [0, 0.1) is 6.92 Å². The van der Waals surface area contributed by atoms with Crippen LogP contribution in [0.4, 0.5) is 5.69 Å². The molecule has 184 valence electrons. The van der Waals surface area contributed by atoms with Gasteiger partial charge in [0.25, 0.3) is 0 Å². The number of anilines is 1. The van der Waals surface area contributed by atoms with Crippen molar-refractivity contribution in [1.82, 2.24) is 10.8 Å². The van der Waals surface area contributed by atoms with Gasteiger partial charge in [0.15, 0.2) is 6.29 Å². The summed E-state index contributed by atoms with van der Waals surface area (Å²) in [4.78, 5) is 39.8. The van der Waals surface area contributed by atoms with Crippen LogP contribution in [0.15, 0.2) is 18.2 Å². The molecule has 0 spiro atoms. The van der Waals surface area contributed by atoms with Crippen molar-refractivity contribution in [2.75, 3.05) is 25.0 Å². The number of amides is 2. The summed E-state index contributed by atoms with van der Waals surface area (Å²) in [6.45, 7) is 3.39. The normalized spacial score (nSPS) is 15.6. The minimum atomic E-state index is -0.813. The molecule has 9 nitrogen and oxygen atoms in total. The largest absolute Gasteiger partial charge is 0.481 e. The van der Waals surface area contributed by atoms with Crippen molar-refractivity contribution in [1.29, 1.82) is 0 Å². The van der Waals surface area contributed by atoms with Gasteiger partial charge in [-0.25, -0.2) is 10.3 Å². The predicted octanol–water partition coefficient (Wildman–Crippen LogP) is 3.07. The van der Waals surface area contributed by atoms with Gasteiger partial charge in [-0.05, 0) is 56.2 Å². The van der Waals surface area contributed by atoms with Crippen LogP contribution in [0.3, 0.4) is 0 Å². The lowest BCUT2D eigenvalue weighted by Gasteiger charge is -2.22. The maximum Gasteiger partial charge on any atom is 0.303 e. The van der Waals surface area contributed by atoms with E-state index in [4.69, 9.17) is 14.7 Å². The van der Waals surface area contributed by atoms with E-state index in [0.717, 1.165) is 61.8 Å². The summed E-state index contributed by atoms with van der Waals surface area (Å²) in [7, 11) is 0. The van der Waals surface area contributed by atoms with Crippen LogP contribution in [-0.4, -0.2) is 48.9 Å². The van der Waals surface area contributed by atoms with Crippen LogP contribution >= 0.6 is 0 Å². The zero-order valence-electron chi connectivity index (χ0n) is 19.5. The van der Waals surface area contributed by atoms with Crippen molar-refractivity contribution in [3.63, 3.8) is 0 Å². The Morgan fingerprint density at radius 3 is 2.64 bits per heavy atom.